The second-order valence-electron chi connectivity index (χ2n) is 4.29. The molecule has 1 aliphatic heterocycles. The molecule has 16 heavy (non-hydrogen) atoms. The molecule has 5 nitrogen and oxygen atoms in total. The Morgan fingerprint density at radius 2 is 2.19 bits per heavy atom. The van der Waals surface area contributed by atoms with Gasteiger partial charge in [0, 0.05) is 19.1 Å². The molecular formula is C10H17NO4S. The third-order valence-corrected chi connectivity index (χ3v) is 4.23. The molecule has 0 aliphatic carbocycles. The SMILES string of the molecule is C=C(C)CN1CCS(=O)(=O)CC1CC(=O)O. The van der Waals surface area contributed by atoms with Crippen molar-refractivity contribution in [3.63, 3.8) is 0 Å². The summed E-state index contributed by atoms with van der Waals surface area (Å²) in [5.41, 5.74) is 0.912. The van der Waals surface area contributed by atoms with Crippen LogP contribution in [0.1, 0.15) is 13.3 Å². The van der Waals surface area contributed by atoms with Crippen LogP contribution < -0.4 is 0 Å². The average Bonchev–Trinajstić information content (AvgIpc) is 2.07. The van der Waals surface area contributed by atoms with E-state index in [1.807, 2.05) is 11.8 Å². The van der Waals surface area contributed by atoms with Gasteiger partial charge in [-0.2, -0.15) is 0 Å². The van der Waals surface area contributed by atoms with Gasteiger partial charge >= 0.3 is 5.97 Å². The van der Waals surface area contributed by atoms with Gasteiger partial charge in [-0.25, -0.2) is 8.42 Å². The topological polar surface area (TPSA) is 74.7 Å². The van der Waals surface area contributed by atoms with Gasteiger partial charge < -0.3 is 5.11 Å². The first kappa shape index (κ1) is 13.2. The van der Waals surface area contributed by atoms with Crippen molar-refractivity contribution < 1.29 is 18.3 Å². The van der Waals surface area contributed by atoms with Gasteiger partial charge in [-0.1, -0.05) is 12.2 Å². The lowest BCUT2D eigenvalue weighted by Crippen LogP contribution is -2.49. The Morgan fingerprint density at radius 3 is 2.69 bits per heavy atom. The van der Waals surface area contributed by atoms with Gasteiger partial charge in [-0.05, 0) is 6.92 Å². The van der Waals surface area contributed by atoms with E-state index in [4.69, 9.17) is 5.11 Å². The van der Waals surface area contributed by atoms with Gasteiger partial charge in [0.15, 0.2) is 9.84 Å². The monoisotopic (exact) mass is 247 g/mol. The zero-order chi connectivity index (χ0) is 12.3. The smallest absolute Gasteiger partial charge is 0.304 e. The summed E-state index contributed by atoms with van der Waals surface area (Å²) in [6, 6.07) is -0.423. The molecule has 0 aromatic carbocycles. The standard InChI is InChI=1S/C10H17NO4S/c1-8(2)6-11-3-4-16(14,15)7-9(11)5-10(12)13/h9H,1,3-7H2,2H3,(H,12,13). The van der Waals surface area contributed by atoms with Gasteiger partial charge in [-0.15, -0.1) is 0 Å². The molecule has 1 unspecified atom stereocenters. The fourth-order valence-corrected chi connectivity index (χ4v) is 3.46. The first-order valence-corrected chi connectivity index (χ1v) is 6.93. The molecule has 0 saturated carbocycles. The summed E-state index contributed by atoms with van der Waals surface area (Å²) in [4.78, 5) is 12.6. The first-order chi connectivity index (χ1) is 7.30. The molecule has 1 rings (SSSR count). The zero-order valence-electron chi connectivity index (χ0n) is 9.35. The number of rotatable bonds is 4. The second kappa shape index (κ2) is 4.97. The van der Waals surface area contributed by atoms with E-state index in [1.165, 1.54) is 0 Å². The number of nitrogens with zero attached hydrogens (tertiary/aromatic N) is 1. The molecule has 0 spiro atoms. The Kier molecular flexibility index (Phi) is 4.09. The van der Waals surface area contributed by atoms with Crippen LogP contribution in [0.25, 0.3) is 0 Å². The van der Waals surface area contributed by atoms with Gasteiger partial charge in [0.2, 0.25) is 0 Å². The van der Waals surface area contributed by atoms with Crippen molar-refractivity contribution in [3.05, 3.63) is 12.2 Å². The Balaban J connectivity index is 2.75. The molecule has 1 saturated heterocycles. The molecular weight excluding hydrogens is 230 g/mol. The van der Waals surface area contributed by atoms with Crippen LogP contribution in [0.3, 0.4) is 0 Å². The summed E-state index contributed by atoms with van der Waals surface area (Å²) in [6.45, 7) is 6.57. The lowest BCUT2D eigenvalue weighted by atomic mass is 10.1. The van der Waals surface area contributed by atoms with E-state index < -0.39 is 21.8 Å². The third-order valence-electron chi connectivity index (χ3n) is 2.54. The Bertz CT molecular complexity index is 388. The number of hydrogen-bond acceptors (Lipinski definition) is 4. The average molecular weight is 247 g/mol. The van der Waals surface area contributed by atoms with Crippen LogP contribution in [0.5, 0.6) is 0 Å². The van der Waals surface area contributed by atoms with Crippen LogP contribution in [-0.2, 0) is 14.6 Å². The van der Waals surface area contributed by atoms with E-state index >= 15 is 0 Å². The van der Waals surface area contributed by atoms with Crippen molar-refractivity contribution >= 4 is 15.8 Å². The normalized spacial score (nSPS) is 25.2. The van der Waals surface area contributed by atoms with Crippen LogP contribution in [0.4, 0.5) is 0 Å². The third kappa shape index (κ3) is 3.94. The lowest BCUT2D eigenvalue weighted by Gasteiger charge is -2.34. The molecule has 0 aromatic rings. The summed E-state index contributed by atoms with van der Waals surface area (Å²) in [6.07, 6.45) is -0.132. The fraction of sp³-hybridized carbons (Fsp3) is 0.700. The summed E-state index contributed by atoms with van der Waals surface area (Å²) >= 11 is 0. The summed E-state index contributed by atoms with van der Waals surface area (Å²) < 4.78 is 22.9. The molecule has 1 heterocycles. The highest BCUT2D eigenvalue weighted by atomic mass is 32.2. The maximum absolute atomic E-state index is 11.4. The van der Waals surface area contributed by atoms with E-state index in [0.29, 0.717) is 13.1 Å². The molecule has 1 aliphatic rings. The van der Waals surface area contributed by atoms with Crippen LogP contribution in [0, 0.1) is 0 Å². The van der Waals surface area contributed by atoms with Crippen molar-refractivity contribution in [2.45, 2.75) is 19.4 Å². The Hall–Kier alpha value is -0.880. The molecule has 1 atom stereocenters. The quantitative estimate of drug-likeness (QED) is 0.715. The van der Waals surface area contributed by atoms with Crippen LogP contribution in [-0.4, -0.2) is 55.0 Å². The van der Waals surface area contributed by atoms with Gasteiger partial charge in [-0.3, -0.25) is 9.69 Å². The number of carbonyl (C=O) groups is 1. The summed E-state index contributed by atoms with van der Waals surface area (Å²) in [5, 5.41) is 8.74. The zero-order valence-corrected chi connectivity index (χ0v) is 10.2. The van der Waals surface area contributed by atoms with E-state index in [9.17, 15) is 13.2 Å². The molecule has 0 amide bonds. The van der Waals surface area contributed by atoms with E-state index in [-0.39, 0.29) is 17.9 Å². The molecule has 0 radical (unpaired) electrons. The Labute approximate surface area is 95.7 Å². The summed E-state index contributed by atoms with van der Waals surface area (Å²) in [7, 11) is -3.08. The van der Waals surface area contributed by atoms with Crippen molar-refractivity contribution in [1.82, 2.24) is 4.90 Å². The molecule has 0 bridgehead atoms. The second-order valence-corrected chi connectivity index (χ2v) is 6.52. The van der Waals surface area contributed by atoms with E-state index in [0.717, 1.165) is 5.57 Å². The van der Waals surface area contributed by atoms with Crippen LogP contribution in [0.2, 0.25) is 0 Å². The minimum Gasteiger partial charge on any atom is -0.481 e. The van der Waals surface area contributed by atoms with Crippen LogP contribution >= 0.6 is 0 Å². The summed E-state index contributed by atoms with van der Waals surface area (Å²) in [5.74, 6) is -0.919. The highest BCUT2D eigenvalue weighted by molar-refractivity contribution is 7.91. The number of sulfone groups is 1. The van der Waals surface area contributed by atoms with E-state index in [2.05, 4.69) is 6.58 Å². The van der Waals surface area contributed by atoms with Crippen molar-refractivity contribution in [1.29, 1.82) is 0 Å². The highest BCUT2D eigenvalue weighted by Gasteiger charge is 2.32. The number of hydrogen-bond donors (Lipinski definition) is 1. The Morgan fingerprint density at radius 1 is 1.56 bits per heavy atom. The lowest BCUT2D eigenvalue weighted by molar-refractivity contribution is -0.138. The first-order valence-electron chi connectivity index (χ1n) is 5.11. The minimum atomic E-state index is -3.08. The molecule has 0 aromatic heterocycles. The number of carboxylic acid groups (broad SMARTS) is 1. The predicted molar refractivity (Wildman–Crippen MR) is 61.1 cm³/mol. The van der Waals surface area contributed by atoms with Gasteiger partial charge in [0.25, 0.3) is 0 Å². The minimum absolute atomic E-state index is 0.0629. The van der Waals surface area contributed by atoms with Crippen molar-refractivity contribution in [3.8, 4) is 0 Å². The maximum atomic E-state index is 11.4. The highest BCUT2D eigenvalue weighted by Crippen LogP contribution is 2.16. The number of aliphatic carboxylic acids is 1. The maximum Gasteiger partial charge on any atom is 0.304 e. The van der Waals surface area contributed by atoms with Crippen molar-refractivity contribution in [2.24, 2.45) is 0 Å². The van der Waals surface area contributed by atoms with E-state index in [1.54, 1.807) is 0 Å². The largest absolute Gasteiger partial charge is 0.481 e. The predicted octanol–water partition coefficient (Wildman–Crippen LogP) is 0.136. The van der Waals surface area contributed by atoms with Crippen molar-refractivity contribution in [2.75, 3.05) is 24.6 Å². The van der Waals surface area contributed by atoms with Gasteiger partial charge in [0.05, 0.1) is 17.9 Å². The molecule has 6 heteroatoms. The molecule has 92 valence electrons. The van der Waals surface area contributed by atoms with Gasteiger partial charge in [0.1, 0.15) is 0 Å². The molecule has 1 fully saturated rings. The fourth-order valence-electron chi connectivity index (χ4n) is 1.87. The number of carboxylic acids is 1. The van der Waals surface area contributed by atoms with Crippen LogP contribution in [0.15, 0.2) is 12.2 Å². The molecule has 1 N–H and O–H groups in total.